The van der Waals surface area contributed by atoms with Crippen LogP contribution in [0.4, 0.5) is 11.4 Å². The molecule has 1 aromatic carbocycles. The second-order valence-corrected chi connectivity index (χ2v) is 7.65. The highest BCUT2D eigenvalue weighted by atomic mass is 16.2. The number of anilines is 2. The lowest BCUT2D eigenvalue weighted by Gasteiger charge is -2.34. The van der Waals surface area contributed by atoms with Gasteiger partial charge in [0.15, 0.2) is 19.1 Å². The fourth-order valence-corrected chi connectivity index (χ4v) is 3.89. The molecule has 0 aliphatic carbocycles. The maximum absolute atomic E-state index is 12.6. The third-order valence-electron chi connectivity index (χ3n) is 5.58. The Morgan fingerprint density at radius 1 is 1.07 bits per heavy atom. The van der Waals surface area contributed by atoms with Crippen LogP contribution in [0.2, 0.25) is 0 Å². The molecule has 6 nitrogen and oxygen atoms in total. The zero-order valence-electron chi connectivity index (χ0n) is 15.9. The average molecular weight is 366 g/mol. The van der Waals surface area contributed by atoms with Crippen LogP contribution < -0.4 is 19.7 Å². The number of carbonyl (C=O) groups excluding carboxylic acids is 2. The topological polar surface area (TPSA) is 59.2 Å². The molecule has 0 bridgehead atoms. The van der Waals surface area contributed by atoms with Crippen LogP contribution in [0.1, 0.15) is 35.7 Å². The molecule has 2 aromatic rings. The summed E-state index contributed by atoms with van der Waals surface area (Å²) < 4.78 is 0. The molecule has 0 unspecified atom stereocenters. The van der Waals surface area contributed by atoms with Crippen LogP contribution in [0.25, 0.3) is 0 Å². The number of piperazine rings is 1. The Morgan fingerprint density at radius 3 is 2.44 bits per heavy atom. The minimum absolute atomic E-state index is 0.335. The maximum atomic E-state index is 12.6. The summed E-state index contributed by atoms with van der Waals surface area (Å²) in [4.78, 5) is 33.4. The van der Waals surface area contributed by atoms with Gasteiger partial charge in [-0.15, -0.1) is 0 Å². The van der Waals surface area contributed by atoms with Gasteiger partial charge in [0.25, 0.3) is 5.78 Å². The van der Waals surface area contributed by atoms with E-state index in [1.54, 1.807) is 4.90 Å². The summed E-state index contributed by atoms with van der Waals surface area (Å²) in [5.41, 5.74) is 3.64. The zero-order valence-corrected chi connectivity index (χ0v) is 15.9. The van der Waals surface area contributed by atoms with Crippen molar-refractivity contribution in [2.24, 2.45) is 0 Å². The van der Waals surface area contributed by atoms with Crippen LogP contribution in [-0.2, 0) is 4.79 Å². The number of carbonyl (C=O) groups is 2. The molecule has 1 fully saturated rings. The Bertz CT molecular complexity index is 858. The number of amides is 1. The van der Waals surface area contributed by atoms with Gasteiger partial charge < -0.3 is 9.80 Å². The van der Waals surface area contributed by atoms with Gasteiger partial charge in [-0.1, -0.05) is 19.9 Å². The Kier molecular flexibility index (Phi) is 4.66. The number of quaternary nitrogens is 1. The molecular weight excluding hydrogens is 340 g/mol. The lowest BCUT2D eigenvalue weighted by atomic mass is 9.99. The minimum atomic E-state index is -0.389. The summed E-state index contributed by atoms with van der Waals surface area (Å²) in [6, 6.07) is 10.0. The summed E-state index contributed by atoms with van der Waals surface area (Å²) >= 11 is 0. The van der Waals surface area contributed by atoms with Crippen molar-refractivity contribution in [1.29, 1.82) is 0 Å². The molecule has 3 heterocycles. The molecule has 0 spiro atoms. The number of nitrogens with one attached hydrogen (secondary N) is 2. The highest BCUT2D eigenvalue weighted by molar-refractivity contribution is 6.52. The van der Waals surface area contributed by atoms with E-state index in [1.807, 2.05) is 30.6 Å². The van der Waals surface area contributed by atoms with Crippen molar-refractivity contribution in [2.45, 2.75) is 19.8 Å². The number of hydrogen-bond acceptors (Lipinski definition) is 3. The van der Waals surface area contributed by atoms with Crippen LogP contribution in [0, 0.1) is 0 Å². The van der Waals surface area contributed by atoms with Crippen LogP contribution in [-0.4, -0.2) is 44.5 Å². The van der Waals surface area contributed by atoms with Crippen LogP contribution in [0.3, 0.4) is 0 Å². The van der Waals surface area contributed by atoms with Gasteiger partial charge in [-0.05, 0) is 23.6 Å². The molecule has 0 atom stereocenters. The number of pyridine rings is 1. The Hall–Kier alpha value is -2.73. The summed E-state index contributed by atoms with van der Waals surface area (Å²) in [6.45, 7) is 8.49. The number of hydrogen-bond donors (Lipinski definition) is 1. The largest absolute Gasteiger partial charge is 0.360 e. The summed E-state index contributed by atoms with van der Waals surface area (Å²) in [7, 11) is 0. The van der Waals surface area contributed by atoms with E-state index >= 15 is 0 Å². The minimum Gasteiger partial charge on any atom is -0.360 e. The smallest absolute Gasteiger partial charge is 0.303 e. The monoisotopic (exact) mass is 366 g/mol. The number of aromatic nitrogens is 1. The zero-order chi connectivity index (χ0) is 19.0. The van der Waals surface area contributed by atoms with Gasteiger partial charge in [-0.3, -0.25) is 14.5 Å². The first-order chi connectivity index (χ1) is 13.0. The average Bonchev–Trinajstić information content (AvgIpc) is 2.93. The van der Waals surface area contributed by atoms with E-state index in [1.165, 1.54) is 10.6 Å². The molecule has 2 aliphatic heterocycles. The van der Waals surface area contributed by atoms with Gasteiger partial charge >= 0.3 is 5.91 Å². The number of ketones is 1. The second-order valence-electron chi connectivity index (χ2n) is 7.65. The fourth-order valence-electron chi connectivity index (χ4n) is 3.89. The Morgan fingerprint density at radius 2 is 1.78 bits per heavy atom. The third-order valence-corrected chi connectivity index (χ3v) is 5.58. The molecule has 1 aromatic heterocycles. The van der Waals surface area contributed by atoms with Crippen molar-refractivity contribution in [2.75, 3.05) is 42.6 Å². The highest BCUT2D eigenvalue weighted by Crippen LogP contribution is 2.31. The van der Waals surface area contributed by atoms with Crippen LogP contribution >= 0.6 is 0 Å². The van der Waals surface area contributed by atoms with E-state index in [0.29, 0.717) is 18.2 Å². The van der Waals surface area contributed by atoms with Gasteiger partial charge in [0, 0.05) is 17.8 Å². The van der Waals surface area contributed by atoms with Gasteiger partial charge in [0.05, 0.1) is 37.4 Å². The first kappa shape index (κ1) is 17.7. The number of aromatic amines is 1. The number of benzene rings is 1. The number of fused-ring (bicyclic) bond motifs is 1. The number of H-pyrrole nitrogens is 1. The molecule has 1 saturated heterocycles. The molecule has 2 aliphatic rings. The van der Waals surface area contributed by atoms with Crippen molar-refractivity contribution in [3.63, 3.8) is 0 Å². The van der Waals surface area contributed by atoms with E-state index in [0.717, 1.165) is 37.4 Å². The third kappa shape index (κ3) is 3.32. The number of Topliss-reactive ketones (excluding diaryl/α,β-unsaturated/α-hetero) is 1. The van der Waals surface area contributed by atoms with Gasteiger partial charge in [-0.2, -0.15) is 0 Å². The van der Waals surface area contributed by atoms with E-state index in [2.05, 4.69) is 35.9 Å². The molecule has 0 radical (unpaired) electrons. The first-order valence-electron chi connectivity index (χ1n) is 9.59. The maximum Gasteiger partial charge on any atom is 0.303 e. The Balaban J connectivity index is 1.45. The van der Waals surface area contributed by atoms with Crippen molar-refractivity contribution in [1.82, 2.24) is 0 Å². The fraction of sp³-hybridized carbons (Fsp3) is 0.381. The van der Waals surface area contributed by atoms with E-state index in [-0.39, 0.29) is 11.7 Å². The van der Waals surface area contributed by atoms with Crippen molar-refractivity contribution in [3.8, 4) is 0 Å². The standard InChI is InChI=1S/C21H24N4O2/c1-15(2)16-3-4-19-18(13-16)20(26)21(27)25(19)14-23-9-11-24(12-10-23)17-5-7-22-8-6-17/h3-8,13,15H,9-12,14H2,1-2H3/p+2. The van der Waals surface area contributed by atoms with Crippen molar-refractivity contribution < 1.29 is 19.5 Å². The van der Waals surface area contributed by atoms with E-state index in [9.17, 15) is 9.59 Å². The highest BCUT2D eigenvalue weighted by Gasteiger charge is 2.38. The van der Waals surface area contributed by atoms with Gasteiger partial charge in [0.2, 0.25) is 0 Å². The van der Waals surface area contributed by atoms with E-state index < -0.39 is 0 Å². The molecule has 1 amide bonds. The van der Waals surface area contributed by atoms with Crippen molar-refractivity contribution in [3.05, 3.63) is 53.9 Å². The molecule has 27 heavy (non-hydrogen) atoms. The number of rotatable bonds is 4. The molecule has 140 valence electrons. The van der Waals surface area contributed by atoms with Crippen LogP contribution in [0.5, 0.6) is 0 Å². The Labute approximate surface area is 159 Å². The molecule has 6 heteroatoms. The van der Waals surface area contributed by atoms with E-state index in [4.69, 9.17) is 0 Å². The quantitative estimate of drug-likeness (QED) is 0.803. The number of nitrogens with zero attached hydrogens (tertiary/aromatic N) is 2. The van der Waals surface area contributed by atoms with Crippen molar-refractivity contribution >= 4 is 23.1 Å². The first-order valence-corrected chi connectivity index (χ1v) is 9.59. The lowest BCUT2D eigenvalue weighted by Crippen LogP contribution is -3.16. The van der Waals surface area contributed by atoms with Gasteiger partial charge in [0.1, 0.15) is 0 Å². The summed E-state index contributed by atoms with van der Waals surface area (Å²) in [5, 5.41) is 0. The molecule has 2 N–H and O–H groups in total. The molecular formula is C21H26N4O2+2. The second kappa shape index (κ2) is 7.12. The predicted molar refractivity (Wildman–Crippen MR) is 103 cm³/mol. The lowest BCUT2D eigenvalue weighted by molar-refractivity contribution is -0.899. The SMILES string of the molecule is CC(C)c1ccc2c(c1)C(=O)C(=O)N2C[NH+]1CCN(c2cc[nH+]cc2)CC1. The normalized spacial score (nSPS) is 17.7. The molecule has 0 saturated carbocycles. The summed E-state index contributed by atoms with van der Waals surface area (Å²) in [5.74, 6) is -0.424. The van der Waals surface area contributed by atoms with Gasteiger partial charge in [-0.25, -0.2) is 4.98 Å². The predicted octanol–water partition coefficient (Wildman–Crippen LogP) is 0.516. The molecule has 4 rings (SSSR count). The summed E-state index contributed by atoms with van der Waals surface area (Å²) in [6.07, 6.45) is 3.87. The van der Waals surface area contributed by atoms with Crippen LogP contribution in [0.15, 0.2) is 42.7 Å².